The van der Waals surface area contributed by atoms with Gasteiger partial charge in [-0.05, 0) is 35.7 Å². The van der Waals surface area contributed by atoms with E-state index in [4.69, 9.17) is 0 Å². The van der Waals surface area contributed by atoms with Gasteiger partial charge in [0.15, 0.2) is 5.65 Å². The van der Waals surface area contributed by atoms with Crippen molar-refractivity contribution in [2.45, 2.75) is 24.7 Å². The molecular formula is C15H16N4O2S. The van der Waals surface area contributed by atoms with Gasteiger partial charge < -0.3 is 0 Å². The van der Waals surface area contributed by atoms with E-state index in [-0.39, 0.29) is 4.90 Å². The molecule has 3 rings (SSSR count). The Morgan fingerprint density at radius 1 is 1.14 bits per heavy atom. The van der Waals surface area contributed by atoms with Crippen molar-refractivity contribution in [3.8, 4) is 0 Å². The fraction of sp³-hybridized carbons (Fsp3) is 0.200. The van der Waals surface area contributed by atoms with Crippen LogP contribution < -0.4 is 4.72 Å². The molecule has 0 bridgehead atoms. The molecular weight excluding hydrogens is 300 g/mol. The number of benzene rings is 1. The van der Waals surface area contributed by atoms with Crippen LogP contribution in [-0.2, 0) is 10.0 Å². The van der Waals surface area contributed by atoms with E-state index in [1.165, 1.54) is 12.4 Å². The zero-order chi connectivity index (χ0) is 15.7. The van der Waals surface area contributed by atoms with Gasteiger partial charge in [-0.3, -0.25) is 9.12 Å². The number of hydrogen-bond donors (Lipinski definition) is 1. The first-order valence-electron chi connectivity index (χ1n) is 6.88. The average Bonchev–Trinajstić information content (AvgIpc) is 2.95. The minimum atomic E-state index is -3.72. The Morgan fingerprint density at radius 2 is 1.86 bits per heavy atom. The van der Waals surface area contributed by atoms with Gasteiger partial charge in [0.1, 0.15) is 11.2 Å². The van der Waals surface area contributed by atoms with Crippen LogP contribution in [0.5, 0.6) is 0 Å². The average molecular weight is 316 g/mol. The third-order valence-corrected chi connectivity index (χ3v) is 4.81. The lowest BCUT2D eigenvalue weighted by Gasteiger charge is -2.10. The van der Waals surface area contributed by atoms with Crippen molar-refractivity contribution in [1.29, 1.82) is 0 Å². The maximum atomic E-state index is 12.5. The van der Waals surface area contributed by atoms with Crippen molar-refractivity contribution in [3.63, 3.8) is 0 Å². The second-order valence-electron chi connectivity index (χ2n) is 5.32. The summed E-state index contributed by atoms with van der Waals surface area (Å²) in [4.78, 5) is 0.0976. The van der Waals surface area contributed by atoms with E-state index >= 15 is 0 Å². The molecule has 0 atom stereocenters. The highest BCUT2D eigenvalue weighted by Crippen LogP contribution is 2.21. The van der Waals surface area contributed by atoms with Crippen molar-refractivity contribution in [2.24, 2.45) is 0 Å². The smallest absolute Gasteiger partial charge is 0.265 e. The largest absolute Gasteiger partial charge is 0.288 e. The fourth-order valence-electron chi connectivity index (χ4n) is 2.18. The van der Waals surface area contributed by atoms with Crippen LogP contribution in [0.2, 0.25) is 0 Å². The Balaban J connectivity index is 1.95. The first-order chi connectivity index (χ1) is 10.5. The molecule has 1 N–H and O–H groups in total. The molecule has 6 nitrogen and oxygen atoms in total. The van der Waals surface area contributed by atoms with Crippen LogP contribution in [0.3, 0.4) is 0 Å². The van der Waals surface area contributed by atoms with E-state index < -0.39 is 10.0 Å². The standard InChI is InChI=1S/C15H16N4O2S/c1-11(2)12-5-7-13(8-6-12)18-22(20,21)14-4-3-9-19-10-16-17-15(14)19/h3-11,18H,1-2H3. The molecule has 7 heteroatoms. The van der Waals surface area contributed by atoms with E-state index in [9.17, 15) is 8.42 Å². The van der Waals surface area contributed by atoms with Crippen molar-refractivity contribution in [3.05, 3.63) is 54.5 Å². The summed E-state index contributed by atoms with van der Waals surface area (Å²) in [6, 6.07) is 10.5. The Morgan fingerprint density at radius 3 is 2.55 bits per heavy atom. The minimum Gasteiger partial charge on any atom is -0.288 e. The molecule has 0 spiro atoms. The number of aromatic nitrogens is 3. The molecule has 3 aromatic rings. The molecule has 22 heavy (non-hydrogen) atoms. The van der Waals surface area contributed by atoms with Crippen molar-refractivity contribution < 1.29 is 8.42 Å². The lowest BCUT2D eigenvalue weighted by molar-refractivity contribution is 0.601. The van der Waals surface area contributed by atoms with Crippen LogP contribution in [0.4, 0.5) is 5.69 Å². The number of rotatable bonds is 4. The van der Waals surface area contributed by atoms with Crippen molar-refractivity contribution in [2.75, 3.05) is 4.72 Å². The lowest BCUT2D eigenvalue weighted by atomic mass is 10.0. The maximum Gasteiger partial charge on any atom is 0.265 e. The summed E-state index contributed by atoms with van der Waals surface area (Å²) in [6.45, 7) is 4.18. The van der Waals surface area contributed by atoms with E-state index in [2.05, 4.69) is 28.8 Å². The first-order valence-corrected chi connectivity index (χ1v) is 8.37. The van der Waals surface area contributed by atoms with Crippen molar-refractivity contribution >= 4 is 21.4 Å². The normalized spacial score (nSPS) is 12.0. The predicted octanol–water partition coefficient (Wildman–Crippen LogP) is 2.65. The van der Waals surface area contributed by atoms with E-state index in [0.717, 1.165) is 5.56 Å². The zero-order valence-electron chi connectivity index (χ0n) is 12.3. The number of fused-ring (bicyclic) bond motifs is 1. The summed E-state index contributed by atoms with van der Waals surface area (Å²) in [5.74, 6) is 0.399. The van der Waals surface area contributed by atoms with Crippen molar-refractivity contribution in [1.82, 2.24) is 14.6 Å². The van der Waals surface area contributed by atoms with E-state index in [1.54, 1.807) is 28.8 Å². The summed E-state index contributed by atoms with van der Waals surface area (Å²) in [6.07, 6.45) is 3.16. The van der Waals surface area contributed by atoms with Gasteiger partial charge in [0.2, 0.25) is 0 Å². The van der Waals surface area contributed by atoms with Crippen LogP contribution in [0.1, 0.15) is 25.3 Å². The highest BCUT2D eigenvalue weighted by molar-refractivity contribution is 7.93. The van der Waals surface area contributed by atoms with Crippen LogP contribution in [0, 0.1) is 0 Å². The number of sulfonamides is 1. The second-order valence-corrected chi connectivity index (χ2v) is 6.97. The van der Waals surface area contributed by atoms with Gasteiger partial charge in [0.25, 0.3) is 10.0 Å². The summed E-state index contributed by atoms with van der Waals surface area (Å²) < 4.78 is 29.2. The number of anilines is 1. The Hall–Kier alpha value is -2.41. The van der Waals surface area contributed by atoms with Gasteiger partial charge in [0.05, 0.1) is 0 Å². The summed E-state index contributed by atoms with van der Waals surface area (Å²) in [5.41, 5.74) is 1.97. The quantitative estimate of drug-likeness (QED) is 0.803. The van der Waals surface area contributed by atoms with Crippen LogP contribution in [0.15, 0.2) is 53.8 Å². The summed E-state index contributed by atoms with van der Waals surface area (Å²) >= 11 is 0. The maximum absolute atomic E-state index is 12.5. The fourth-order valence-corrected chi connectivity index (χ4v) is 3.38. The van der Waals surface area contributed by atoms with Gasteiger partial charge in [-0.25, -0.2) is 8.42 Å². The lowest BCUT2D eigenvalue weighted by Crippen LogP contribution is -2.14. The molecule has 114 valence electrons. The summed E-state index contributed by atoms with van der Waals surface area (Å²) in [5, 5.41) is 7.59. The minimum absolute atomic E-state index is 0.0976. The van der Waals surface area contributed by atoms with Gasteiger partial charge >= 0.3 is 0 Å². The molecule has 2 aromatic heterocycles. The predicted molar refractivity (Wildman–Crippen MR) is 84.3 cm³/mol. The Bertz CT molecular complexity index is 899. The number of pyridine rings is 1. The number of nitrogens with one attached hydrogen (secondary N) is 1. The Kier molecular flexibility index (Phi) is 3.58. The van der Waals surface area contributed by atoms with Crippen LogP contribution in [0.25, 0.3) is 5.65 Å². The number of nitrogens with zero attached hydrogens (tertiary/aromatic N) is 3. The topological polar surface area (TPSA) is 76.4 Å². The second kappa shape index (κ2) is 5.42. The molecule has 0 amide bonds. The monoisotopic (exact) mass is 316 g/mol. The van der Waals surface area contributed by atoms with Crippen LogP contribution in [-0.4, -0.2) is 23.0 Å². The van der Waals surface area contributed by atoms with Gasteiger partial charge in [-0.2, -0.15) is 0 Å². The SMILES string of the molecule is CC(C)c1ccc(NS(=O)(=O)c2cccn3cnnc23)cc1. The molecule has 0 aliphatic heterocycles. The molecule has 1 aromatic carbocycles. The molecule has 0 saturated heterocycles. The van der Waals surface area contributed by atoms with Gasteiger partial charge in [-0.15, -0.1) is 10.2 Å². The molecule has 0 unspecified atom stereocenters. The summed E-state index contributed by atoms with van der Waals surface area (Å²) in [7, 11) is -3.72. The highest BCUT2D eigenvalue weighted by Gasteiger charge is 2.19. The molecule has 0 saturated carbocycles. The van der Waals surface area contributed by atoms with Gasteiger partial charge in [-0.1, -0.05) is 26.0 Å². The zero-order valence-corrected chi connectivity index (χ0v) is 13.1. The molecule has 0 radical (unpaired) electrons. The molecule has 0 aliphatic rings. The third-order valence-electron chi connectivity index (χ3n) is 3.41. The van der Waals surface area contributed by atoms with Crippen LogP contribution >= 0.6 is 0 Å². The highest BCUT2D eigenvalue weighted by atomic mass is 32.2. The van der Waals surface area contributed by atoms with E-state index in [1.807, 2.05) is 12.1 Å². The number of hydrogen-bond acceptors (Lipinski definition) is 4. The van der Waals surface area contributed by atoms with Gasteiger partial charge in [0, 0.05) is 11.9 Å². The molecule has 2 heterocycles. The molecule has 0 fully saturated rings. The first kappa shape index (κ1) is 14.5. The Labute approximate surface area is 128 Å². The molecule has 0 aliphatic carbocycles. The third kappa shape index (κ3) is 2.67. The van der Waals surface area contributed by atoms with E-state index in [0.29, 0.717) is 17.3 Å².